The van der Waals surface area contributed by atoms with Crippen LogP contribution < -0.4 is 10.5 Å². The Kier molecular flexibility index (Phi) is 5.77. The molecule has 0 aromatic heterocycles. The molecule has 2 aromatic carbocycles. The molecule has 2 nitrogen and oxygen atoms in total. The van der Waals surface area contributed by atoms with E-state index in [-0.39, 0.29) is 5.92 Å². The maximum atomic E-state index is 6.24. The minimum absolute atomic E-state index is 0.0670. The molecular formula is C16H16Cl3NO. The van der Waals surface area contributed by atoms with Gasteiger partial charge in [-0.05, 0) is 48.9 Å². The zero-order valence-corrected chi connectivity index (χ0v) is 13.8. The lowest BCUT2D eigenvalue weighted by Gasteiger charge is -2.19. The van der Waals surface area contributed by atoms with Crippen molar-refractivity contribution in [2.24, 2.45) is 5.73 Å². The lowest BCUT2D eigenvalue weighted by Crippen LogP contribution is -2.16. The molecule has 5 heteroatoms. The van der Waals surface area contributed by atoms with E-state index in [2.05, 4.69) is 0 Å². The second-order valence-corrected chi connectivity index (χ2v) is 6.04. The molecule has 112 valence electrons. The number of rotatable bonds is 5. The van der Waals surface area contributed by atoms with Gasteiger partial charge in [-0.3, -0.25) is 0 Å². The summed E-state index contributed by atoms with van der Waals surface area (Å²) in [5, 5.41) is 1.92. The summed E-state index contributed by atoms with van der Waals surface area (Å²) in [6.07, 6.45) is 0.698. The number of benzene rings is 2. The summed E-state index contributed by atoms with van der Waals surface area (Å²) in [5.41, 5.74) is 7.92. The van der Waals surface area contributed by atoms with Crippen molar-refractivity contribution in [1.29, 1.82) is 0 Å². The van der Waals surface area contributed by atoms with Crippen LogP contribution in [0.15, 0.2) is 36.4 Å². The number of hydrogen-bond donors (Lipinski definition) is 1. The van der Waals surface area contributed by atoms with Crippen molar-refractivity contribution >= 4 is 34.8 Å². The van der Waals surface area contributed by atoms with Crippen molar-refractivity contribution in [3.05, 3.63) is 62.6 Å². The molecule has 21 heavy (non-hydrogen) atoms. The van der Waals surface area contributed by atoms with Crippen molar-refractivity contribution in [3.8, 4) is 5.75 Å². The molecule has 0 aliphatic heterocycles. The zero-order valence-electron chi connectivity index (χ0n) is 11.6. The van der Waals surface area contributed by atoms with Crippen molar-refractivity contribution in [2.75, 3.05) is 13.7 Å². The van der Waals surface area contributed by atoms with Gasteiger partial charge in [0.15, 0.2) is 0 Å². The number of halogens is 3. The van der Waals surface area contributed by atoms with Gasteiger partial charge in [-0.15, -0.1) is 0 Å². The van der Waals surface area contributed by atoms with Gasteiger partial charge in [0.2, 0.25) is 0 Å². The van der Waals surface area contributed by atoms with Crippen LogP contribution >= 0.6 is 34.8 Å². The Balaban J connectivity index is 2.34. The van der Waals surface area contributed by atoms with Crippen LogP contribution in [0.3, 0.4) is 0 Å². The Labute approximate surface area is 139 Å². The Morgan fingerprint density at radius 1 is 1.05 bits per heavy atom. The molecule has 2 rings (SSSR count). The Morgan fingerprint density at radius 2 is 1.71 bits per heavy atom. The summed E-state index contributed by atoms with van der Waals surface area (Å²) in [4.78, 5) is 0. The van der Waals surface area contributed by atoms with E-state index in [9.17, 15) is 0 Å². The Bertz CT molecular complexity index is 631. The van der Waals surface area contributed by atoms with Crippen molar-refractivity contribution in [3.63, 3.8) is 0 Å². The highest BCUT2D eigenvalue weighted by Crippen LogP contribution is 2.33. The SMILES string of the molecule is COc1ccc(Cl)cc1C(CN)Cc1ccc(Cl)cc1Cl. The van der Waals surface area contributed by atoms with Crippen molar-refractivity contribution < 1.29 is 4.74 Å². The van der Waals surface area contributed by atoms with Gasteiger partial charge in [-0.25, -0.2) is 0 Å². The van der Waals surface area contributed by atoms with Crippen LogP contribution in [0, 0.1) is 0 Å². The largest absolute Gasteiger partial charge is 0.496 e. The van der Waals surface area contributed by atoms with E-state index in [0.29, 0.717) is 28.0 Å². The van der Waals surface area contributed by atoms with Gasteiger partial charge in [0.05, 0.1) is 7.11 Å². The predicted octanol–water partition coefficient (Wildman–Crippen LogP) is 4.94. The molecule has 0 saturated heterocycles. The van der Waals surface area contributed by atoms with Gasteiger partial charge in [-0.1, -0.05) is 40.9 Å². The summed E-state index contributed by atoms with van der Waals surface area (Å²) in [6.45, 7) is 0.468. The summed E-state index contributed by atoms with van der Waals surface area (Å²) in [7, 11) is 1.63. The Hall–Kier alpha value is -0.930. The maximum absolute atomic E-state index is 6.24. The first-order valence-electron chi connectivity index (χ1n) is 6.52. The zero-order chi connectivity index (χ0) is 15.4. The number of methoxy groups -OCH3 is 1. The second kappa shape index (κ2) is 7.37. The first-order valence-corrected chi connectivity index (χ1v) is 7.66. The molecule has 2 N–H and O–H groups in total. The average molecular weight is 345 g/mol. The van der Waals surface area contributed by atoms with E-state index < -0.39 is 0 Å². The summed E-state index contributed by atoms with van der Waals surface area (Å²) >= 11 is 18.3. The van der Waals surface area contributed by atoms with E-state index in [0.717, 1.165) is 16.9 Å². The third-order valence-corrected chi connectivity index (χ3v) is 4.22. The van der Waals surface area contributed by atoms with E-state index in [4.69, 9.17) is 45.3 Å². The van der Waals surface area contributed by atoms with E-state index in [1.54, 1.807) is 19.2 Å². The summed E-state index contributed by atoms with van der Waals surface area (Å²) < 4.78 is 5.40. The van der Waals surface area contributed by atoms with Crippen molar-refractivity contribution in [1.82, 2.24) is 0 Å². The lowest BCUT2D eigenvalue weighted by atomic mass is 9.91. The molecule has 0 aliphatic rings. The van der Waals surface area contributed by atoms with Crippen LogP contribution in [0.4, 0.5) is 0 Å². The summed E-state index contributed by atoms with van der Waals surface area (Å²) in [6, 6.07) is 11.0. The average Bonchev–Trinajstić information content (AvgIpc) is 2.46. The van der Waals surface area contributed by atoms with Gasteiger partial charge >= 0.3 is 0 Å². The minimum Gasteiger partial charge on any atom is -0.496 e. The fraction of sp³-hybridized carbons (Fsp3) is 0.250. The van der Waals surface area contributed by atoms with Crippen LogP contribution in [0.2, 0.25) is 15.1 Å². The van der Waals surface area contributed by atoms with E-state index in [1.807, 2.05) is 24.3 Å². The molecule has 0 bridgehead atoms. The first kappa shape index (κ1) is 16.4. The summed E-state index contributed by atoms with van der Waals surface area (Å²) in [5.74, 6) is 0.845. The first-order chi connectivity index (χ1) is 10.0. The van der Waals surface area contributed by atoms with E-state index >= 15 is 0 Å². The highest BCUT2D eigenvalue weighted by Gasteiger charge is 2.17. The molecule has 1 atom stereocenters. The molecule has 0 heterocycles. The minimum atomic E-state index is 0.0670. The molecule has 2 aromatic rings. The highest BCUT2D eigenvalue weighted by atomic mass is 35.5. The van der Waals surface area contributed by atoms with Crippen LogP contribution in [-0.4, -0.2) is 13.7 Å². The lowest BCUT2D eigenvalue weighted by molar-refractivity contribution is 0.405. The number of hydrogen-bond acceptors (Lipinski definition) is 2. The third-order valence-electron chi connectivity index (χ3n) is 3.40. The fourth-order valence-electron chi connectivity index (χ4n) is 2.30. The van der Waals surface area contributed by atoms with Gasteiger partial charge in [0, 0.05) is 26.5 Å². The molecular weight excluding hydrogens is 329 g/mol. The van der Waals surface area contributed by atoms with Crippen molar-refractivity contribution in [2.45, 2.75) is 12.3 Å². The van der Waals surface area contributed by atoms with Crippen LogP contribution in [0.1, 0.15) is 17.0 Å². The van der Waals surface area contributed by atoms with Crippen LogP contribution in [0.5, 0.6) is 5.75 Å². The quantitative estimate of drug-likeness (QED) is 0.833. The molecule has 0 fully saturated rings. The fourth-order valence-corrected chi connectivity index (χ4v) is 2.96. The van der Waals surface area contributed by atoms with Gasteiger partial charge in [0.25, 0.3) is 0 Å². The molecule has 0 amide bonds. The molecule has 0 saturated carbocycles. The van der Waals surface area contributed by atoms with Gasteiger partial charge in [-0.2, -0.15) is 0 Å². The normalized spacial score (nSPS) is 12.2. The topological polar surface area (TPSA) is 35.2 Å². The van der Waals surface area contributed by atoms with Crippen LogP contribution in [0.25, 0.3) is 0 Å². The second-order valence-electron chi connectivity index (χ2n) is 4.76. The molecule has 0 aliphatic carbocycles. The van der Waals surface area contributed by atoms with Crippen LogP contribution in [-0.2, 0) is 6.42 Å². The standard InChI is InChI=1S/C16H16Cl3NO/c1-21-16-5-4-12(17)7-14(16)11(9-20)6-10-2-3-13(18)8-15(10)19/h2-5,7-8,11H,6,9,20H2,1H3. The number of ether oxygens (including phenoxy) is 1. The monoisotopic (exact) mass is 343 g/mol. The molecule has 0 spiro atoms. The maximum Gasteiger partial charge on any atom is 0.122 e. The highest BCUT2D eigenvalue weighted by molar-refractivity contribution is 6.35. The Morgan fingerprint density at radius 3 is 2.33 bits per heavy atom. The molecule has 0 radical (unpaired) electrons. The van der Waals surface area contributed by atoms with E-state index in [1.165, 1.54) is 0 Å². The van der Waals surface area contributed by atoms with Gasteiger partial charge < -0.3 is 10.5 Å². The molecule has 1 unspecified atom stereocenters. The number of nitrogens with two attached hydrogens (primary N) is 1. The van der Waals surface area contributed by atoms with Gasteiger partial charge in [0.1, 0.15) is 5.75 Å². The third kappa shape index (κ3) is 4.04. The smallest absolute Gasteiger partial charge is 0.122 e. The predicted molar refractivity (Wildman–Crippen MR) is 90.0 cm³/mol.